The topological polar surface area (TPSA) is 42.7 Å². The van der Waals surface area contributed by atoms with Gasteiger partial charge in [-0.1, -0.05) is 37.3 Å². The van der Waals surface area contributed by atoms with Crippen LogP contribution in [-0.4, -0.2) is 22.0 Å². The van der Waals surface area contributed by atoms with Gasteiger partial charge in [-0.25, -0.2) is 0 Å². The Balaban J connectivity index is 2.37. The van der Waals surface area contributed by atoms with E-state index in [-0.39, 0.29) is 0 Å². The highest BCUT2D eigenvalue weighted by Gasteiger charge is 2.11. The van der Waals surface area contributed by atoms with Gasteiger partial charge in [0.2, 0.25) is 0 Å². The van der Waals surface area contributed by atoms with Gasteiger partial charge in [-0.05, 0) is 13.5 Å². The van der Waals surface area contributed by atoms with Crippen LogP contribution in [0.2, 0.25) is 0 Å². The number of rotatable bonds is 5. The molecule has 0 fully saturated rings. The Labute approximate surface area is 102 Å². The summed E-state index contributed by atoms with van der Waals surface area (Å²) in [6, 6.07) is 10.2. The molecule has 2 rings (SSSR count). The zero-order chi connectivity index (χ0) is 12.1. The molecule has 4 nitrogen and oxygen atoms in total. The van der Waals surface area contributed by atoms with E-state index in [2.05, 4.69) is 34.6 Å². The zero-order valence-electron chi connectivity index (χ0n) is 10.3. The molecule has 0 bridgehead atoms. The number of hydrogen-bond donors (Lipinski definition) is 1. The van der Waals surface area contributed by atoms with Gasteiger partial charge in [0.25, 0.3) is 0 Å². The summed E-state index contributed by atoms with van der Waals surface area (Å²) in [6.45, 7) is 3.74. The van der Waals surface area contributed by atoms with Crippen LogP contribution in [0.5, 0.6) is 0 Å². The van der Waals surface area contributed by atoms with Crippen molar-refractivity contribution in [3.8, 4) is 11.3 Å². The molecule has 90 valence electrons. The second-order valence-electron chi connectivity index (χ2n) is 3.99. The zero-order valence-corrected chi connectivity index (χ0v) is 10.3. The Morgan fingerprint density at radius 2 is 1.94 bits per heavy atom. The fourth-order valence-corrected chi connectivity index (χ4v) is 1.79. The van der Waals surface area contributed by atoms with E-state index in [1.165, 1.54) is 0 Å². The van der Waals surface area contributed by atoms with Crippen molar-refractivity contribution in [2.75, 3.05) is 7.05 Å². The van der Waals surface area contributed by atoms with Gasteiger partial charge in [0.15, 0.2) is 0 Å². The van der Waals surface area contributed by atoms with Gasteiger partial charge in [-0.15, -0.1) is 0 Å². The van der Waals surface area contributed by atoms with Crippen molar-refractivity contribution in [2.45, 2.75) is 26.4 Å². The third-order valence-corrected chi connectivity index (χ3v) is 2.54. The molecule has 0 aliphatic rings. The van der Waals surface area contributed by atoms with Crippen LogP contribution in [0.1, 0.15) is 19.0 Å². The predicted molar refractivity (Wildman–Crippen MR) is 68.5 cm³/mol. The van der Waals surface area contributed by atoms with E-state index in [0.717, 1.165) is 36.5 Å². The maximum absolute atomic E-state index is 4.55. The van der Waals surface area contributed by atoms with Gasteiger partial charge in [0, 0.05) is 12.1 Å². The highest BCUT2D eigenvalue weighted by Crippen LogP contribution is 2.19. The van der Waals surface area contributed by atoms with E-state index in [9.17, 15) is 0 Å². The fraction of sp³-hybridized carbons (Fsp3) is 0.385. The van der Waals surface area contributed by atoms with Gasteiger partial charge in [0.1, 0.15) is 11.4 Å². The smallest absolute Gasteiger partial charge is 0.117 e. The van der Waals surface area contributed by atoms with Crippen LogP contribution in [0.3, 0.4) is 0 Å². The molecule has 1 aromatic heterocycles. The Hall–Kier alpha value is -1.68. The molecular weight excluding hydrogens is 212 g/mol. The lowest BCUT2D eigenvalue weighted by Crippen LogP contribution is -2.07. The monoisotopic (exact) mass is 230 g/mol. The number of aromatic nitrogens is 3. The first-order valence-corrected chi connectivity index (χ1v) is 5.99. The van der Waals surface area contributed by atoms with Crippen LogP contribution in [0.4, 0.5) is 0 Å². The summed E-state index contributed by atoms with van der Waals surface area (Å²) in [4.78, 5) is 1.79. The highest BCUT2D eigenvalue weighted by molar-refractivity contribution is 5.60. The predicted octanol–water partition coefficient (Wildman–Crippen LogP) is 2.07. The molecule has 0 amide bonds. The molecule has 0 atom stereocenters. The van der Waals surface area contributed by atoms with E-state index < -0.39 is 0 Å². The average molecular weight is 230 g/mol. The molecule has 1 heterocycles. The lowest BCUT2D eigenvalue weighted by Gasteiger charge is -1.98. The first kappa shape index (κ1) is 11.8. The summed E-state index contributed by atoms with van der Waals surface area (Å²) < 4.78 is 0. The first-order chi connectivity index (χ1) is 8.35. The van der Waals surface area contributed by atoms with Crippen molar-refractivity contribution in [3.63, 3.8) is 0 Å². The first-order valence-electron chi connectivity index (χ1n) is 5.99. The van der Waals surface area contributed by atoms with E-state index >= 15 is 0 Å². The van der Waals surface area contributed by atoms with Crippen molar-refractivity contribution in [2.24, 2.45) is 0 Å². The van der Waals surface area contributed by atoms with E-state index in [4.69, 9.17) is 0 Å². The molecule has 0 radical (unpaired) electrons. The summed E-state index contributed by atoms with van der Waals surface area (Å²) in [5.41, 5.74) is 3.11. The van der Waals surface area contributed by atoms with Crippen LogP contribution < -0.4 is 5.32 Å². The second-order valence-corrected chi connectivity index (χ2v) is 3.99. The van der Waals surface area contributed by atoms with Crippen LogP contribution in [0.15, 0.2) is 30.3 Å². The summed E-state index contributed by atoms with van der Waals surface area (Å²) in [5.74, 6) is 0. The van der Waals surface area contributed by atoms with Crippen LogP contribution in [0, 0.1) is 0 Å². The summed E-state index contributed by atoms with van der Waals surface area (Å²) >= 11 is 0. The van der Waals surface area contributed by atoms with Crippen LogP contribution in [0.25, 0.3) is 11.3 Å². The molecule has 17 heavy (non-hydrogen) atoms. The standard InChI is InChI=1S/C13H18N4/c1-3-9-17-15-12(10-14-2)13(16-17)11-7-5-4-6-8-11/h4-8,14H,3,9-10H2,1-2H3. The Morgan fingerprint density at radius 1 is 1.18 bits per heavy atom. The van der Waals surface area contributed by atoms with Crippen molar-refractivity contribution >= 4 is 0 Å². The minimum Gasteiger partial charge on any atom is -0.314 e. The maximum atomic E-state index is 4.55. The number of benzene rings is 1. The van der Waals surface area contributed by atoms with Crippen LogP contribution in [-0.2, 0) is 13.1 Å². The molecule has 1 N–H and O–H groups in total. The molecule has 0 saturated heterocycles. The normalized spacial score (nSPS) is 10.7. The molecule has 0 spiro atoms. The van der Waals surface area contributed by atoms with Crippen molar-refractivity contribution in [1.82, 2.24) is 20.3 Å². The molecule has 0 aliphatic carbocycles. The summed E-state index contributed by atoms with van der Waals surface area (Å²) in [6.07, 6.45) is 1.04. The Kier molecular flexibility index (Phi) is 3.88. The average Bonchev–Trinajstić information content (AvgIpc) is 2.74. The Bertz CT molecular complexity index is 462. The van der Waals surface area contributed by atoms with Gasteiger partial charge in [-0.3, -0.25) is 0 Å². The molecule has 2 aromatic rings. The third kappa shape index (κ3) is 2.71. The van der Waals surface area contributed by atoms with E-state index in [0.29, 0.717) is 0 Å². The lowest BCUT2D eigenvalue weighted by molar-refractivity contribution is 0.523. The Morgan fingerprint density at radius 3 is 2.59 bits per heavy atom. The van der Waals surface area contributed by atoms with Gasteiger partial charge >= 0.3 is 0 Å². The van der Waals surface area contributed by atoms with Crippen molar-refractivity contribution < 1.29 is 0 Å². The highest BCUT2D eigenvalue weighted by atomic mass is 15.5. The number of nitrogens with one attached hydrogen (secondary N) is 1. The molecule has 1 aromatic carbocycles. The van der Waals surface area contributed by atoms with Crippen molar-refractivity contribution in [3.05, 3.63) is 36.0 Å². The van der Waals surface area contributed by atoms with E-state index in [1.807, 2.05) is 25.2 Å². The maximum Gasteiger partial charge on any atom is 0.117 e. The van der Waals surface area contributed by atoms with Gasteiger partial charge in [-0.2, -0.15) is 15.0 Å². The second kappa shape index (κ2) is 5.59. The minimum atomic E-state index is 0.744. The summed E-state index contributed by atoms with van der Waals surface area (Å²) in [5, 5.41) is 12.2. The molecule has 0 aliphatic heterocycles. The van der Waals surface area contributed by atoms with Crippen LogP contribution >= 0.6 is 0 Å². The van der Waals surface area contributed by atoms with Gasteiger partial charge in [0.05, 0.1) is 6.54 Å². The van der Waals surface area contributed by atoms with Gasteiger partial charge < -0.3 is 5.32 Å². The number of hydrogen-bond acceptors (Lipinski definition) is 3. The molecule has 0 unspecified atom stereocenters. The SMILES string of the molecule is CCCn1nc(CNC)c(-c2ccccc2)n1. The number of aryl methyl sites for hydroxylation is 1. The quantitative estimate of drug-likeness (QED) is 0.855. The largest absolute Gasteiger partial charge is 0.314 e. The minimum absolute atomic E-state index is 0.744. The molecule has 0 saturated carbocycles. The molecular formula is C13H18N4. The summed E-state index contributed by atoms with van der Waals surface area (Å²) in [7, 11) is 1.92. The lowest BCUT2D eigenvalue weighted by atomic mass is 10.1. The third-order valence-electron chi connectivity index (χ3n) is 2.54. The molecule has 4 heteroatoms. The fourth-order valence-electron chi connectivity index (χ4n) is 1.79. The van der Waals surface area contributed by atoms with E-state index in [1.54, 1.807) is 4.80 Å². The number of nitrogens with zero attached hydrogens (tertiary/aromatic N) is 3. The van der Waals surface area contributed by atoms with Crippen molar-refractivity contribution in [1.29, 1.82) is 0 Å².